The summed E-state index contributed by atoms with van der Waals surface area (Å²) in [5, 5.41) is 6.49. The molecule has 0 radical (unpaired) electrons. The van der Waals surface area contributed by atoms with Gasteiger partial charge >= 0.3 is 18.1 Å². The van der Waals surface area contributed by atoms with Gasteiger partial charge in [-0.2, -0.15) is 27.0 Å². The van der Waals surface area contributed by atoms with Crippen molar-refractivity contribution in [1.82, 2.24) is 44.9 Å². The Bertz CT molecular complexity index is 2050. The third-order valence-corrected chi connectivity index (χ3v) is 17.8. The Morgan fingerprint density at radius 3 is 1.49 bits per heavy atom. The molecule has 10 rings (SSSR count). The van der Waals surface area contributed by atoms with E-state index < -0.39 is 0 Å². The van der Waals surface area contributed by atoms with Crippen molar-refractivity contribution in [2.24, 2.45) is 16.8 Å². The molecular weight excluding hydrogens is 965 g/mol. The number of nitrogens with zero attached hydrogens (tertiary/aromatic N) is 8. The second-order valence-corrected chi connectivity index (χ2v) is 22.6. The van der Waals surface area contributed by atoms with Crippen molar-refractivity contribution in [3.63, 3.8) is 0 Å². The molecular formula is C58H98N10O4S2. The van der Waals surface area contributed by atoms with E-state index in [0.717, 1.165) is 95.7 Å². The van der Waals surface area contributed by atoms with E-state index in [1.165, 1.54) is 69.0 Å². The fourth-order valence-corrected chi connectivity index (χ4v) is 12.5. The van der Waals surface area contributed by atoms with Crippen LogP contribution in [0.2, 0.25) is 0 Å². The van der Waals surface area contributed by atoms with Crippen molar-refractivity contribution >= 4 is 51.2 Å². The van der Waals surface area contributed by atoms with Gasteiger partial charge in [0.15, 0.2) is 0 Å². The zero-order chi connectivity index (χ0) is 49.3. The Kier molecular flexibility index (Phi) is 25.1. The summed E-state index contributed by atoms with van der Waals surface area (Å²) < 4.78 is 0. The summed E-state index contributed by atoms with van der Waals surface area (Å²) in [6.45, 7) is 12.2. The van der Waals surface area contributed by atoms with Crippen LogP contribution in [0.5, 0.6) is 0 Å². The number of amides is 6. The average molecular weight is 1060 g/mol. The van der Waals surface area contributed by atoms with Gasteiger partial charge in [0.2, 0.25) is 6.08 Å². The molecule has 2 aromatic carbocycles. The number of aliphatic imine (C=N–C) groups is 1. The third-order valence-electron chi connectivity index (χ3n) is 17.8. The highest BCUT2D eigenvalue weighted by atomic mass is 32.1. The molecule has 2 aromatic rings. The van der Waals surface area contributed by atoms with Crippen LogP contribution in [0.4, 0.5) is 14.4 Å². The van der Waals surface area contributed by atoms with E-state index in [4.69, 9.17) is 0 Å². The lowest BCUT2D eigenvalue weighted by Crippen LogP contribution is -2.49. The van der Waals surface area contributed by atoms with Crippen LogP contribution in [0.25, 0.3) is 0 Å². The lowest BCUT2D eigenvalue weighted by Gasteiger charge is -2.34. The molecule has 4 aliphatic carbocycles. The molecule has 416 valence electrons. The van der Waals surface area contributed by atoms with Gasteiger partial charge in [0, 0.05) is 122 Å². The summed E-state index contributed by atoms with van der Waals surface area (Å²) in [6, 6.07) is 24.0. The number of likely N-dealkylation sites (tertiary alicyclic amines) is 4. The zero-order valence-corrected chi connectivity index (χ0v) is 46.5. The molecule has 0 aromatic heterocycles. The Morgan fingerprint density at radius 1 is 0.568 bits per heavy atom. The molecule has 0 spiro atoms. The number of urea groups is 3. The van der Waals surface area contributed by atoms with Crippen LogP contribution in [0.1, 0.15) is 142 Å². The first-order valence-electron chi connectivity index (χ1n) is 27.3. The molecule has 2 N–H and O–H groups in total. The number of carbonyl (C=O) groups excluding carboxylic acids is 4. The molecule has 8 aliphatic rings. The minimum absolute atomic E-state index is 0. The topological polar surface area (TPSA) is 127 Å². The Morgan fingerprint density at radius 2 is 1.01 bits per heavy atom. The van der Waals surface area contributed by atoms with Crippen LogP contribution >= 0.6 is 27.0 Å². The minimum Gasteiger partial charge on any atom is -0.335 e. The predicted octanol–water partition coefficient (Wildman–Crippen LogP) is 9.32. The lowest BCUT2D eigenvalue weighted by atomic mass is 9.87. The van der Waals surface area contributed by atoms with Gasteiger partial charge in [0.25, 0.3) is 0 Å². The summed E-state index contributed by atoms with van der Waals surface area (Å²) in [7, 11) is 7.84. The molecule has 4 saturated carbocycles. The molecule has 8 fully saturated rings. The second-order valence-electron chi connectivity index (χ2n) is 22.6. The minimum atomic E-state index is -0.0191. The van der Waals surface area contributed by atoms with Gasteiger partial charge in [0.1, 0.15) is 0 Å². The monoisotopic (exact) mass is 1060 g/mol. The van der Waals surface area contributed by atoms with Crippen LogP contribution in [0.15, 0.2) is 65.7 Å². The van der Waals surface area contributed by atoms with Crippen LogP contribution in [-0.2, 0) is 4.79 Å². The molecule has 4 unspecified atom stereocenters. The van der Waals surface area contributed by atoms with Crippen LogP contribution < -0.4 is 10.6 Å². The van der Waals surface area contributed by atoms with Crippen LogP contribution in [0.3, 0.4) is 0 Å². The van der Waals surface area contributed by atoms with Gasteiger partial charge in [-0.1, -0.05) is 89.4 Å². The summed E-state index contributed by atoms with van der Waals surface area (Å²) in [5.74, 6) is 2.66. The highest BCUT2D eigenvalue weighted by Gasteiger charge is 2.43. The maximum atomic E-state index is 13.3. The first-order valence-corrected chi connectivity index (χ1v) is 27.3. The number of isocyanates is 1. The predicted molar refractivity (Wildman–Crippen MR) is 312 cm³/mol. The average Bonchev–Trinajstić information content (AvgIpc) is 3.88. The number of benzene rings is 2. The van der Waals surface area contributed by atoms with E-state index in [-0.39, 0.29) is 78.1 Å². The highest BCUT2D eigenvalue weighted by Crippen LogP contribution is 2.43. The largest absolute Gasteiger partial charge is 0.335 e. The fourth-order valence-electron chi connectivity index (χ4n) is 12.5. The van der Waals surface area contributed by atoms with Crippen molar-refractivity contribution in [2.75, 3.05) is 80.5 Å². The number of carbonyl (C=O) groups is 3. The van der Waals surface area contributed by atoms with Crippen LogP contribution in [0, 0.1) is 11.8 Å². The molecule has 16 heteroatoms. The quantitative estimate of drug-likeness (QED) is 0.180. The van der Waals surface area contributed by atoms with Crippen LogP contribution in [-0.4, -0.2) is 187 Å². The third kappa shape index (κ3) is 16.4. The summed E-state index contributed by atoms with van der Waals surface area (Å²) >= 11 is 0. The first-order chi connectivity index (χ1) is 33.9. The summed E-state index contributed by atoms with van der Waals surface area (Å²) in [5.41, 5.74) is 2.58. The van der Waals surface area contributed by atoms with Gasteiger partial charge in [0.05, 0.1) is 12.1 Å². The smallest absolute Gasteiger partial charge is 0.320 e. The maximum absolute atomic E-state index is 13.3. The number of rotatable bonds is 10. The van der Waals surface area contributed by atoms with E-state index in [2.05, 4.69) is 75.7 Å². The Balaban J connectivity index is 0.000000262. The van der Waals surface area contributed by atoms with Crippen molar-refractivity contribution in [3.8, 4) is 0 Å². The molecule has 4 heterocycles. The normalized spacial score (nSPS) is 30.9. The SMILES string of the molecule is C.C.CC1CCC(N2CC[C@@H](N(C)C(=O)N3CC[C@H](N(C)C(=O)NC4CC4c4ccccc4)C3)C2)CC1.CN[C@H]1CCN(C(=O)N(C)[C@@H]2CCN(C3CCC(C)CC3)C2)C1.O=C=NC1CC1c1ccccc1.S.S. The van der Waals surface area contributed by atoms with E-state index in [1.54, 1.807) is 6.08 Å². The first kappa shape index (κ1) is 62.7. The number of hydrogen-bond donors (Lipinski definition) is 2. The molecule has 0 bridgehead atoms. The van der Waals surface area contributed by atoms with Crippen molar-refractivity contribution < 1.29 is 19.2 Å². The fraction of sp³-hybridized carbons (Fsp3) is 0.724. The van der Waals surface area contributed by atoms with Gasteiger partial charge in [-0.05, 0) is 120 Å². The standard InChI is InChI=1S/C28H43N5O2.C18H34N4O.C10H9NO.2CH4.2H2S/c1-20-9-11-22(12-10-20)32-15-13-24(18-32)31(3)28(35)33-16-14-23(19-33)30(2)27(34)29-26-17-25(26)21-7-5-4-6-8-21;1-14-4-6-16(7-5-14)21-11-9-17(13-21)20(3)18(23)22-10-8-15(12-22)19-2;12-7-11-10-6-9(10)8-4-2-1-3-5-8;;;;/h4-8,20,22-26H,9-19H2,1-3H3,(H,29,34);14-17,19H,4-13H2,1-3H3;1-5,9-10H,6H2;2*1H4;2*1H2/t20?,22?,23-,24+,25?,26?;14?,15-,16?,17+;;;;;/m00...../s1. The molecule has 4 aliphatic heterocycles. The number of likely N-dealkylation sites (N-methyl/N-ethyl adjacent to an activating group) is 4. The summed E-state index contributed by atoms with van der Waals surface area (Å²) in [6.07, 6.45) is 18.5. The number of nitrogens with one attached hydrogen (secondary N) is 2. The molecule has 74 heavy (non-hydrogen) atoms. The molecule has 4 saturated heterocycles. The molecule has 6 amide bonds. The summed E-state index contributed by atoms with van der Waals surface area (Å²) in [4.78, 5) is 67.6. The van der Waals surface area contributed by atoms with E-state index in [0.29, 0.717) is 42.5 Å². The number of hydrogen-bond acceptors (Lipinski definition) is 8. The van der Waals surface area contributed by atoms with E-state index in [9.17, 15) is 19.2 Å². The zero-order valence-electron chi connectivity index (χ0n) is 44.5. The van der Waals surface area contributed by atoms with Gasteiger partial charge < -0.3 is 35.1 Å². The van der Waals surface area contributed by atoms with E-state index in [1.807, 2.05) is 77.0 Å². The lowest BCUT2D eigenvalue weighted by molar-refractivity contribution is 0.137. The Hall–Kier alpha value is -3.79. The van der Waals surface area contributed by atoms with Gasteiger partial charge in [-0.3, -0.25) is 9.80 Å². The molecule has 14 nitrogen and oxygen atoms in total. The van der Waals surface area contributed by atoms with Gasteiger partial charge in [-0.25, -0.2) is 24.2 Å². The Labute approximate surface area is 461 Å². The van der Waals surface area contributed by atoms with Gasteiger partial charge in [-0.15, -0.1) is 0 Å². The van der Waals surface area contributed by atoms with Crippen molar-refractivity contribution in [2.45, 2.75) is 179 Å². The molecule has 8 atom stereocenters. The maximum Gasteiger partial charge on any atom is 0.320 e. The van der Waals surface area contributed by atoms with Crippen molar-refractivity contribution in [3.05, 3.63) is 71.8 Å². The van der Waals surface area contributed by atoms with E-state index >= 15 is 0 Å². The second kappa shape index (κ2) is 29.7. The van der Waals surface area contributed by atoms with Crippen molar-refractivity contribution in [1.29, 1.82) is 0 Å². The highest BCUT2D eigenvalue weighted by molar-refractivity contribution is 7.59.